The van der Waals surface area contributed by atoms with Gasteiger partial charge >= 0.3 is 5.97 Å². The summed E-state index contributed by atoms with van der Waals surface area (Å²) in [5.41, 5.74) is 2.25. The first kappa shape index (κ1) is 23.6. The number of allylic oxidation sites excluding steroid dienone is 3. The molecule has 3 heteroatoms. The van der Waals surface area contributed by atoms with E-state index in [0.29, 0.717) is 35.0 Å². The number of fused-ring (bicyclic) bond motifs is 4. The number of carbonyl (C=O) groups excluding carboxylic acids is 1. The van der Waals surface area contributed by atoms with Crippen LogP contribution in [0.5, 0.6) is 0 Å². The van der Waals surface area contributed by atoms with Gasteiger partial charge in [-0.2, -0.15) is 0 Å². The molecule has 0 aromatic carbocycles. The molecule has 0 aromatic rings. The molecule has 0 amide bonds. The van der Waals surface area contributed by atoms with Crippen molar-refractivity contribution in [2.24, 2.45) is 46.3 Å². The zero-order valence-corrected chi connectivity index (χ0v) is 22.0. The minimum Gasteiger partial charge on any atom is -0.462 e. The first-order valence-corrected chi connectivity index (χ1v) is 13.8. The Kier molecular flexibility index (Phi) is 5.71. The molecule has 0 radical (unpaired) electrons. The Bertz CT molecular complexity index is 857. The highest BCUT2D eigenvalue weighted by Crippen LogP contribution is 2.72. The maximum absolute atomic E-state index is 11.6. The van der Waals surface area contributed by atoms with Gasteiger partial charge in [-0.1, -0.05) is 65.3 Å². The molecule has 0 bridgehead atoms. The molecule has 4 fully saturated rings. The van der Waals surface area contributed by atoms with Gasteiger partial charge in [0.1, 0.15) is 17.8 Å². The second-order valence-electron chi connectivity index (χ2n) is 13.2. The molecule has 10 atom stereocenters. The van der Waals surface area contributed by atoms with E-state index in [-0.39, 0.29) is 29.2 Å². The Morgan fingerprint density at radius 3 is 2.52 bits per heavy atom. The van der Waals surface area contributed by atoms with E-state index in [1.165, 1.54) is 32.6 Å². The molecule has 1 saturated heterocycles. The Morgan fingerprint density at radius 1 is 1.06 bits per heavy atom. The van der Waals surface area contributed by atoms with Gasteiger partial charge in [-0.25, -0.2) is 0 Å². The summed E-state index contributed by atoms with van der Waals surface area (Å²) in [6, 6.07) is 0. The Morgan fingerprint density at radius 2 is 1.82 bits per heavy atom. The van der Waals surface area contributed by atoms with E-state index in [0.717, 1.165) is 25.2 Å². The topological polar surface area (TPSA) is 38.8 Å². The van der Waals surface area contributed by atoms with E-state index in [4.69, 9.17) is 9.47 Å². The second-order valence-corrected chi connectivity index (χ2v) is 13.2. The average molecular weight is 455 g/mol. The van der Waals surface area contributed by atoms with Gasteiger partial charge in [-0.3, -0.25) is 4.79 Å². The summed E-state index contributed by atoms with van der Waals surface area (Å²) >= 11 is 0. The monoisotopic (exact) mass is 454 g/mol. The van der Waals surface area contributed by atoms with Gasteiger partial charge in [0.15, 0.2) is 0 Å². The molecule has 0 aromatic heterocycles. The molecule has 1 heterocycles. The number of esters is 1. The highest BCUT2D eigenvalue weighted by molar-refractivity contribution is 5.66. The Labute approximate surface area is 201 Å². The molecule has 3 nitrogen and oxygen atoms in total. The van der Waals surface area contributed by atoms with Gasteiger partial charge in [0.05, 0.1) is 0 Å². The summed E-state index contributed by atoms with van der Waals surface area (Å²) in [6.07, 6.45) is 16.1. The van der Waals surface area contributed by atoms with E-state index in [1.54, 1.807) is 5.57 Å². The molecule has 4 aliphatic carbocycles. The fraction of sp³-hybridized carbons (Fsp3) is 0.833. The second kappa shape index (κ2) is 7.97. The van der Waals surface area contributed by atoms with E-state index in [1.807, 2.05) is 0 Å². The van der Waals surface area contributed by atoms with Crippen molar-refractivity contribution in [3.05, 3.63) is 23.8 Å². The van der Waals surface area contributed by atoms with Crippen molar-refractivity contribution in [1.82, 2.24) is 0 Å². The first-order valence-electron chi connectivity index (χ1n) is 13.8. The van der Waals surface area contributed by atoms with Gasteiger partial charge < -0.3 is 9.47 Å². The smallest absolute Gasteiger partial charge is 0.302 e. The van der Waals surface area contributed by atoms with Crippen molar-refractivity contribution in [2.75, 3.05) is 0 Å². The number of carbonyl (C=O) groups is 1. The molecule has 5 rings (SSSR count). The number of rotatable bonds is 5. The van der Waals surface area contributed by atoms with Crippen molar-refractivity contribution >= 4 is 5.97 Å². The summed E-state index contributed by atoms with van der Waals surface area (Å²) in [5.74, 6) is 3.98. The summed E-state index contributed by atoms with van der Waals surface area (Å²) < 4.78 is 12.2. The zero-order valence-electron chi connectivity index (χ0n) is 22.0. The molecule has 0 unspecified atom stereocenters. The fourth-order valence-corrected chi connectivity index (χ4v) is 8.84. The van der Waals surface area contributed by atoms with Crippen LogP contribution in [0.3, 0.4) is 0 Å². The molecule has 3 saturated carbocycles. The van der Waals surface area contributed by atoms with Crippen molar-refractivity contribution in [2.45, 2.75) is 111 Å². The van der Waals surface area contributed by atoms with E-state index in [2.05, 4.69) is 59.8 Å². The van der Waals surface area contributed by atoms with Crippen LogP contribution in [-0.4, -0.2) is 23.8 Å². The van der Waals surface area contributed by atoms with Crippen LogP contribution in [0.1, 0.15) is 93.4 Å². The molecular formula is C30H46O3. The van der Waals surface area contributed by atoms with E-state index < -0.39 is 0 Å². The average Bonchev–Trinajstić information content (AvgIpc) is 3.32. The Balaban J connectivity index is 1.37. The third-order valence-electron chi connectivity index (χ3n) is 11.3. The summed E-state index contributed by atoms with van der Waals surface area (Å²) in [6.45, 7) is 16.1. The van der Waals surface area contributed by atoms with Crippen LogP contribution in [0.25, 0.3) is 0 Å². The predicted octanol–water partition coefficient (Wildman–Crippen LogP) is 7.11. The maximum Gasteiger partial charge on any atom is 0.302 e. The molecule has 33 heavy (non-hydrogen) atoms. The third kappa shape index (κ3) is 3.50. The highest BCUT2D eigenvalue weighted by atomic mass is 16.6. The van der Waals surface area contributed by atoms with Crippen molar-refractivity contribution in [1.29, 1.82) is 0 Å². The molecule has 5 aliphatic rings. The maximum atomic E-state index is 11.6. The Hall–Kier alpha value is -1.09. The van der Waals surface area contributed by atoms with E-state index in [9.17, 15) is 4.79 Å². The number of hydrogen-bond acceptors (Lipinski definition) is 3. The van der Waals surface area contributed by atoms with Crippen LogP contribution in [0.4, 0.5) is 0 Å². The third-order valence-corrected chi connectivity index (χ3v) is 11.3. The summed E-state index contributed by atoms with van der Waals surface area (Å²) in [4.78, 5) is 11.6. The first-order chi connectivity index (χ1) is 15.5. The van der Waals surface area contributed by atoms with E-state index >= 15 is 0 Å². The molecule has 184 valence electrons. The van der Waals surface area contributed by atoms with Crippen LogP contribution >= 0.6 is 0 Å². The van der Waals surface area contributed by atoms with Gasteiger partial charge in [0.25, 0.3) is 0 Å². The standard InChI is InChI=1S/C30H46O3/c1-18(2)19(3)8-9-20(4)24-10-11-25-23-16-27-30(33-27)17-22(32-21(5)31)12-15-29(30,7)26(23)13-14-28(24,25)6/h8-9,16,18-20,22,24-27H,10-15,17H2,1-7H3/b9-8+/t19-,20+,22+,24+,25+,26+,27-,28-,29-,30+/m0/s1. The molecular weight excluding hydrogens is 408 g/mol. The van der Waals surface area contributed by atoms with Crippen molar-refractivity contribution < 1.29 is 14.3 Å². The lowest BCUT2D eigenvalue weighted by Gasteiger charge is -2.56. The lowest BCUT2D eigenvalue weighted by molar-refractivity contribution is -0.152. The minimum atomic E-state index is -0.152. The van der Waals surface area contributed by atoms with Crippen molar-refractivity contribution in [3.8, 4) is 0 Å². The zero-order chi connectivity index (χ0) is 23.8. The lowest BCUT2D eigenvalue weighted by atomic mass is 9.47. The molecule has 1 aliphatic heterocycles. The van der Waals surface area contributed by atoms with Gasteiger partial charge in [-0.05, 0) is 79.4 Å². The van der Waals surface area contributed by atoms with Gasteiger partial charge in [0, 0.05) is 18.8 Å². The quantitative estimate of drug-likeness (QED) is 0.252. The summed E-state index contributed by atoms with van der Waals surface area (Å²) in [5, 5.41) is 0. The van der Waals surface area contributed by atoms with Crippen molar-refractivity contribution in [3.63, 3.8) is 0 Å². The number of epoxide rings is 1. The van der Waals surface area contributed by atoms with Crippen LogP contribution in [0.2, 0.25) is 0 Å². The number of ether oxygens (including phenoxy) is 2. The highest BCUT2D eigenvalue weighted by Gasteiger charge is 2.74. The summed E-state index contributed by atoms with van der Waals surface area (Å²) in [7, 11) is 0. The van der Waals surface area contributed by atoms with Crippen LogP contribution in [-0.2, 0) is 14.3 Å². The van der Waals surface area contributed by atoms with Crippen LogP contribution < -0.4 is 0 Å². The SMILES string of the molecule is CC(=O)O[C@@H]1CC[C@@]2(C)[C@@H]3CC[C@]4(C)[C@H](CC[C@@H]4[C@H](C)/C=C/[C@H](C)C(C)C)C3=C[C@@H]3O[C@]32C1. The molecule has 0 N–H and O–H groups in total. The van der Waals surface area contributed by atoms with Crippen LogP contribution in [0, 0.1) is 46.3 Å². The number of hydrogen-bond donors (Lipinski definition) is 0. The van der Waals surface area contributed by atoms with Crippen LogP contribution in [0.15, 0.2) is 23.8 Å². The lowest BCUT2D eigenvalue weighted by Crippen LogP contribution is -2.55. The largest absolute Gasteiger partial charge is 0.462 e. The van der Waals surface area contributed by atoms with Gasteiger partial charge in [-0.15, -0.1) is 0 Å². The fourth-order valence-electron chi connectivity index (χ4n) is 8.84. The molecule has 1 spiro atoms. The normalized spacial score (nSPS) is 47.8. The van der Waals surface area contributed by atoms with Gasteiger partial charge in [0.2, 0.25) is 0 Å². The minimum absolute atomic E-state index is 0.0288. The predicted molar refractivity (Wildman–Crippen MR) is 133 cm³/mol.